The lowest BCUT2D eigenvalue weighted by Crippen LogP contribution is -2.34. The summed E-state index contributed by atoms with van der Waals surface area (Å²) in [4.78, 5) is 5.82. The lowest BCUT2D eigenvalue weighted by atomic mass is 10.1. The van der Waals surface area contributed by atoms with Gasteiger partial charge in [-0.15, -0.1) is 11.3 Å². The number of aromatic nitrogens is 1. The maximum Gasteiger partial charge on any atom is 0.0972 e. The molecule has 0 aliphatic rings. The summed E-state index contributed by atoms with van der Waals surface area (Å²) in [5.41, 5.74) is 2.80. The predicted molar refractivity (Wildman–Crippen MR) is 82.7 cm³/mol. The Balaban J connectivity index is 1.97. The van der Waals surface area contributed by atoms with Crippen molar-refractivity contribution >= 4 is 11.3 Å². The minimum absolute atomic E-state index is 0.153. The number of hydrogen-bond acceptors (Lipinski definition) is 3. The lowest BCUT2D eigenvalue weighted by Gasteiger charge is -2.19. The van der Waals surface area contributed by atoms with Gasteiger partial charge in [-0.1, -0.05) is 29.8 Å². The molecule has 2 rings (SSSR count). The molecule has 0 spiro atoms. The van der Waals surface area contributed by atoms with Crippen LogP contribution >= 0.6 is 11.3 Å². The fraction of sp³-hybridized carbons (Fsp3) is 0.438. The van der Waals surface area contributed by atoms with E-state index >= 15 is 0 Å². The fourth-order valence-corrected chi connectivity index (χ4v) is 2.76. The quantitative estimate of drug-likeness (QED) is 0.913. The first-order valence-corrected chi connectivity index (χ1v) is 7.48. The third-order valence-electron chi connectivity index (χ3n) is 2.83. The predicted octanol–water partition coefficient (Wildman–Crippen LogP) is 3.93. The molecule has 2 aromatic rings. The van der Waals surface area contributed by atoms with E-state index < -0.39 is 0 Å². The van der Waals surface area contributed by atoms with Gasteiger partial charge in [-0.05, 0) is 33.3 Å². The summed E-state index contributed by atoms with van der Waals surface area (Å²) in [5, 5.41) is 4.69. The van der Waals surface area contributed by atoms with E-state index in [1.165, 1.54) is 21.0 Å². The molecule has 1 N–H and O–H groups in total. The smallest absolute Gasteiger partial charge is 0.0972 e. The molecule has 3 heteroatoms. The molecule has 2 nitrogen and oxygen atoms in total. The van der Waals surface area contributed by atoms with Gasteiger partial charge in [0.2, 0.25) is 0 Å². The van der Waals surface area contributed by atoms with Gasteiger partial charge in [0.15, 0.2) is 0 Å². The molecular formula is C16H22N2S. The van der Waals surface area contributed by atoms with Crippen LogP contribution in [0.5, 0.6) is 0 Å². The van der Waals surface area contributed by atoms with E-state index in [1.54, 1.807) is 11.3 Å². The monoisotopic (exact) mass is 274 g/mol. The fourth-order valence-electron chi connectivity index (χ4n) is 1.86. The van der Waals surface area contributed by atoms with Crippen LogP contribution < -0.4 is 5.32 Å². The van der Waals surface area contributed by atoms with E-state index in [4.69, 9.17) is 0 Å². The van der Waals surface area contributed by atoms with Gasteiger partial charge >= 0.3 is 0 Å². The highest BCUT2D eigenvalue weighted by molar-refractivity contribution is 7.11. The number of thiazole rings is 1. The third-order valence-corrected chi connectivity index (χ3v) is 3.83. The Bertz CT molecular complexity index is 538. The van der Waals surface area contributed by atoms with Crippen LogP contribution in [0, 0.1) is 6.92 Å². The lowest BCUT2D eigenvalue weighted by molar-refractivity contribution is 0.426. The summed E-state index contributed by atoms with van der Waals surface area (Å²) < 4.78 is 0. The standard InChI is InChI=1S/C16H22N2S/c1-12-6-5-7-13(8-12)9-15-17-10-14(19-15)11-18-16(2,3)4/h5-8,10,18H,9,11H2,1-4H3. The number of rotatable bonds is 4. The SMILES string of the molecule is Cc1cccc(Cc2ncc(CNC(C)(C)C)s2)c1. The van der Waals surface area contributed by atoms with E-state index in [1.807, 2.05) is 6.20 Å². The molecule has 0 aliphatic heterocycles. The van der Waals surface area contributed by atoms with E-state index in [0.717, 1.165) is 13.0 Å². The molecule has 0 saturated carbocycles. The van der Waals surface area contributed by atoms with Gasteiger partial charge in [0.1, 0.15) is 0 Å². The Morgan fingerprint density at radius 1 is 1.26 bits per heavy atom. The topological polar surface area (TPSA) is 24.9 Å². The summed E-state index contributed by atoms with van der Waals surface area (Å²) in [5.74, 6) is 0. The second-order valence-electron chi connectivity index (χ2n) is 5.99. The van der Waals surface area contributed by atoms with Crippen LogP contribution in [0.4, 0.5) is 0 Å². The van der Waals surface area contributed by atoms with Crippen LogP contribution in [0.2, 0.25) is 0 Å². The first-order chi connectivity index (χ1) is 8.92. The molecule has 0 fully saturated rings. The number of nitrogens with one attached hydrogen (secondary N) is 1. The summed E-state index contributed by atoms with van der Waals surface area (Å²) in [6.45, 7) is 9.57. The van der Waals surface area contributed by atoms with Crippen molar-refractivity contribution in [3.63, 3.8) is 0 Å². The molecule has 0 atom stereocenters. The van der Waals surface area contributed by atoms with E-state index in [9.17, 15) is 0 Å². The summed E-state index contributed by atoms with van der Waals surface area (Å²) in [6.07, 6.45) is 2.93. The van der Waals surface area contributed by atoms with Gasteiger partial charge in [-0.3, -0.25) is 0 Å². The van der Waals surface area contributed by atoms with E-state index in [0.29, 0.717) is 0 Å². The highest BCUT2D eigenvalue weighted by Gasteiger charge is 2.10. The Hall–Kier alpha value is -1.19. The summed E-state index contributed by atoms with van der Waals surface area (Å²) >= 11 is 1.80. The van der Waals surface area contributed by atoms with Crippen molar-refractivity contribution in [3.8, 4) is 0 Å². The Morgan fingerprint density at radius 2 is 2.05 bits per heavy atom. The molecule has 1 aromatic carbocycles. The van der Waals surface area contributed by atoms with Crippen molar-refractivity contribution in [3.05, 3.63) is 51.5 Å². The van der Waals surface area contributed by atoms with Crippen LogP contribution in [0.25, 0.3) is 0 Å². The molecule has 0 aliphatic carbocycles. The van der Waals surface area contributed by atoms with Crippen molar-refractivity contribution in [2.24, 2.45) is 0 Å². The van der Waals surface area contributed by atoms with Gasteiger partial charge < -0.3 is 5.32 Å². The first kappa shape index (κ1) is 14.2. The number of benzene rings is 1. The second kappa shape index (κ2) is 5.85. The van der Waals surface area contributed by atoms with Gasteiger partial charge in [0, 0.05) is 29.6 Å². The second-order valence-corrected chi connectivity index (χ2v) is 7.19. The molecule has 0 unspecified atom stereocenters. The molecule has 0 bridgehead atoms. The minimum atomic E-state index is 0.153. The van der Waals surface area contributed by atoms with Crippen molar-refractivity contribution in [1.82, 2.24) is 10.3 Å². The van der Waals surface area contributed by atoms with Crippen LogP contribution in [-0.4, -0.2) is 10.5 Å². The molecule has 102 valence electrons. The highest BCUT2D eigenvalue weighted by Crippen LogP contribution is 2.18. The van der Waals surface area contributed by atoms with Gasteiger partial charge in [0.05, 0.1) is 5.01 Å². The molecule has 0 amide bonds. The first-order valence-electron chi connectivity index (χ1n) is 6.66. The molecule has 0 radical (unpaired) electrons. The largest absolute Gasteiger partial charge is 0.307 e. The summed E-state index contributed by atoms with van der Waals surface area (Å²) in [6, 6.07) is 8.64. The van der Waals surface area contributed by atoms with Crippen molar-refractivity contribution < 1.29 is 0 Å². The zero-order valence-electron chi connectivity index (χ0n) is 12.2. The summed E-state index contributed by atoms with van der Waals surface area (Å²) in [7, 11) is 0. The number of hydrogen-bond donors (Lipinski definition) is 1. The molecule has 1 aromatic heterocycles. The van der Waals surface area contributed by atoms with Gasteiger partial charge in [-0.2, -0.15) is 0 Å². The van der Waals surface area contributed by atoms with Crippen LogP contribution in [0.3, 0.4) is 0 Å². The van der Waals surface area contributed by atoms with Crippen molar-refractivity contribution in [2.45, 2.75) is 46.2 Å². The Kier molecular flexibility index (Phi) is 4.38. The third kappa shape index (κ3) is 4.77. The van der Waals surface area contributed by atoms with E-state index in [2.05, 4.69) is 62.3 Å². The maximum atomic E-state index is 4.52. The molecule has 0 saturated heterocycles. The zero-order chi connectivity index (χ0) is 13.9. The van der Waals surface area contributed by atoms with Crippen molar-refractivity contribution in [1.29, 1.82) is 0 Å². The molecule has 1 heterocycles. The average molecular weight is 274 g/mol. The van der Waals surface area contributed by atoms with Crippen LogP contribution in [0.15, 0.2) is 30.5 Å². The molecular weight excluding hydrogens is 252 g/mol. The van der Waals surface area contributed by atoms with Crippen LogP contribution in [0.1, 0.15) is 41.8 Å². The Labute approximate surface area is 119 Å². The van der Waals surface area contributed by atoms with Gasteiger partial charge in [-0.25, -0.2) is 4.98 Å². The zero-order valence-corrected chi connectivity index (χ0v) is 13.0. The normalized spacial score (nSPS) is 11.8. The average Bonchev–Trinajstić information content (AvgIpc) is 2.73. The van der Waals surface area contributed by atoms with Crippen LogP contribution in [-0.2, 0) is 13.0 Å². The highest BCUT2D eigenvalue weighted by atomic mass is 32.1. The van der Waals surface area contributed by atoms with E-state index in [-0.39, 0.29) is 5.54 Å². The Morgan fingerprint density at radius 3 is 2.74 bits per heavy atom. The van der Waals surface area contributed by atoms with Crippen molar-refractivity contribution in [2.75, 3.05) is 0 Å². The number of nitrogens with zero attached hydrogens (tertiary/aromatic N) is 1. The molecule has 19 heavy (non-hydrogen) atoms. The minimum Gasteiger partial charge on any atom is -0.307 e. The van der Waals surface area contributed by atoms with Gasteiger partial charge in [0.25, 0.3) is 0 Å². The maximum absolute atomic E-state index is 4.52. The number of aryl methyl sites for hydroxylation is 1.